The first-order valence-electron chi connectivity index (χ1n) is 5.33. The summed E-state index contributed by atoms with van der Waals surface area (Å²) in [6, 6.07) is 2.29. The lowest BCUT2D eigenvalue weighted by molar-refractivity contribution is 0.158. The SMILES string of the molecule is COCC(CCO)NS(=O)(=O)c1ccc(N)nc1. The third-order valence-corrected chi connectivity index (χ3v) is 3.74. The maximum Gasteiger partial charge on any atom is 0.242 e. The molecular weight excluding hydrogens is 258 g/mol. The number of aliphatic hydroxyl groups excluding tert-OH is 1. The molecule has 1 aromatic heterocycles. The number of ether oxygens (including phenoxy) is 1. The molecule has 18 heavy (non-hydrogen) atoms. The van der Waals surface area contributed by atoms with Crippen molar-refractivity contribution in [3.8, 4) is 0 Å². The predicted molar refractivity (Wildman–Crippen MR) is 66.3 cm³/mol. The number of hydrogen-bond acceptors (Lipinski definition) is 6. The second-order valence-corrected chi connectivity index (χ2v) is 5.42. The molecule has 4 N–H and O–H groups in total. The fourth-order valence-electron chi connectivity index (χ4n) is 1.37. The van der Waals surface area contributed by atoms with Gasteiger partial charge in [0.1, 0.15) is 10.7 Å². The number of sulfonamides is 1. The largest absolute Gasteiger partial charge is 0.396 e. The molecule has 0 spiro atoms. The fourth-order valence-corrected chi connectivity index (χ4v) is 2.57. The third-order valence-electron chi connectivity index (χ3n) is 2.24. The average molecular weight is 275 g/mol. The smallest absolute Gasteiger partial charge is 0.242 e. The number of pyridine rings is 1. The van der Waals surface area contributed by atoms with E-state index in [0.717, 1.165) is 0 Å². The van der Waals surface area contributed by atoms with Crippen molar-refractivity contribution in [1.29, 1.82) is 0 Å². The van der Waals surface area contributed by atoms with Crippen molar-refractivity contribution < 1.29 is 18.3 Å². The van der Waals surface area contributed by atoms with Crippen LogP contribution in [0.25, 0.3) is 0 Å². The topological polar surface area (TPSA) is 115 Å². The molecule has 0 saturated carbocycles. The van der Waals surface area contributed by atoms with Crippen LogP contribution in [0.2, 0.25) is 0 Å². The standard InChI is InChI=1S/C10H17N3O4S/c1-17-7-8(4-5-14)13-18(15,16)9-2-3-10(11)12-6-9/h2-3,6,8,13-14H,4-5,7H2,1H3,(H2,11,12). The van der Waals surface area contributed by atoms with E-state index in [9.17, 15) is 8.42 Å². The summed E-state index contributed by atoms with van der Waals surface area (Å²) in [4.78, 5) is 3.75. The Labute approximate surface area is 106 Å². The van der Waals surface area contributed by atoms with Crippen molar-refractivity contribution in [2.24, 2.45) is 0 Å². The highest BCUT2D eigenvalue weighted by Gasteiger charge is 2.20. The van der Waals surface area contributed by atoms with Gasteiger partial charge < -0.3 is 15.6 Å². The van der Waals surface area contributed by atoms with Gasteiger partial charge in [0.2, 0.25) is 10.0 Å². The molecule has 1 aromatic rings. The van der Waals surface area contributed by atoms with E-state index in [4.69, 9.17) is 15.6 Å². The van der Waals surface area contributed by atoms with Crippen molar-refractivity contribution in [3.05, 3.63) is 18.3 Å². The first-order valence-corrected chi connectivity index (χ1v) is 6.81. The van der Waals surface area contributed by atoms with E-state index < -0.39 is 16.1 Å². The van der Waals surface area contributed by atoms with E-state index >= 15 is 0 Å². The Morgan fingerprint density at radius 3 is 2.78 bits per heavy atom. The number of methoxy groups -OCH3 is 1. The van der Waals surface area contributed by atoms with Crippen LogP contribution >= 0.6 is 0 Å². The second-order valence-electron chi connectivity index (χ2n) is 3.70. The molecule has 0 aliphatic carbocycles. The van der Waals surface area contributed by atoms with Crippen molar-refractivity contribution >= 4 is 15.8 Å². The average Bonchev–Trinajstić information content (AvgIpc) is 2.29. The van der Waals surface area contributed by atoms with Crippen LogP contribution in [-0.4, -0.2) is 44.9 Å². The number of nitrogens with zero attached hydrogens (tertiary/aromatic N) is 1. The lowest BCUT2D eigenvalue weighted by Crippen LogP contribution is -2.38. The lowest BCUT2D eigenvalue weighted by atomic mass is 10.2. The minimum Gasteiger partial charge on any atom is -0.396 e. The highest BCUT2D eigenvalue weighted by molar-refractivity contribution is 7.89. The van der Waals surface area contributed by atoms with Gasteiger partial charge in [0, 0.05) is 26.0 Å². The maximum atomic E-state index is 12.0. The van der Waals surface area contributed by atoms with E-state index in [1.807, 2.05) is 0 Å². The molecule has 1 unspecified atom stereocenters. The quantitative estimate of drug-likeness (QED) is 0.608. The van der Waals surface area contributed by atoms with E-state index in [2.05, 4.69) is 9.71 Å². The summed E-state index contributed by atoms with van der Waals surface area (Å²) in [5.41, 5.74) is 5.39. The normalized spacial score (nSPS) is 13.4. The van der Waals surface area contributed by atoms with Crippen LogP contribution in [0, 0.1) is 0 Å². The molecule has 0 amide bonds. The van der Waals surface area contributed by atoms with Gasteiger partial charge in [-0.3, -0.25) is 0 Å². The Hall–Kier alpha value is -1.22. The molecule has 0 aromatic carbocycles. The molecule has 0 fully saturated rings. The van der Waals surface area contributed by atoms with E-state index in [1.54, 1.807) is 0 Å². The molecule has 1 atom stereocenters. The Bertz CT molecular complexity index is 455. The number of anilines is 1. The maximum absolute atomic E-state index is 12.0. The molecule has 0 radical (unpaired) electrons. The van der Waals surface area contributed by atoms with E-state index in [1.165, 1.54) is 25.4 Å². The Kier molecular flexibility index (Phi) is 5.48. The highest BCUT2D eigenvalue weighted by Crippen LogP contribution is 2.10. The van der Waals surface area contributed by atoms with Gasteiger partial charge in [0.15, 0.2) is 0 Å². The molecule has 1 heterocycles. The van der Waals surface area contributed by atoms with Gasteiger partial charge in [0.05, 0.1) is 6.61 Å². The minimum atomic E-state index is -3.68. The Morgan fingerprint density at radius 1 is 1.56 bits per heavy atom. The van der Waals surface area contributed by atoms with Crippen molar-refractivity contribution in [1.82, 2.24) is 9.71 Å². The number of aliphatic hydroxyl groups is 1. The van der Waals surface area contributed by atoms with Crippen LogP contribution < -0.4 is 10.5 Å². The summed E-state index contributed by atoms with van der Waals surface area (Å²) >= 11 is 0. The van der Waals surface area contributed by atoms with Gasteiger partial charge in [0.25, 0.3) is 0 Å². The van der Waals surface area contributed by atoms with Gasteiger partial charge in [-0.25, -0.2) is 18.1 Å². The summed E-state index contributed by atoms with van der Waals surface area (Å²) in [6.07, 6.45) is 1.45. The summed E-state index contributed by atoms with van der Waals surface area (Å²) < 4.78 is 31.3. The number of hydrogen-bond donors (Lipinski definition) is 3. The molecular formula is C10H17N3O4S. The number of nitrogens with two attached hydrogens (primary N) is 1. The van der Waals surface area contributed by atoms with Crippen LogP contribution in [-0.2, 0) is 14.8 Å². The Morgan fingerprint density at radius 2 is 2.28 bits per heavy atom. The first kappa shape index (κ1) is 14.8. The molecule has 1 rings (SSSR count). The number of aromatic nitrogens is 1. The fraction of sp³-hybridized carbons (Fsp3) is 0.500. The second kappa shape index (κ2) is 6.64. The molecule has 0 aliphatic heterocycles. The van der Waals surface area contributed by atoms with Gasteiger partial charge >= 0.3 is 0 Å². The van der Waals surface area contributed by atoms with Crippen molar-refractivity contribution in [2.45, 2.75) is 17.4 Å². The molecule has 0 bridgehead atoms. The summed E-state index contributed by atoms with van der Waals surface area (Å²) in [5, 5.41) is 8.85. The monoisotopic (exact) mass is 275 g/mol. The summed E-state index contributed by atoms with van der Waals surface area (Å²) in [5.74, 6) is 0.248. The zero-order valence-corrected chi connectivity index (χ0v) is 10.9. The zero-order chi connectivity index (χ0) is 13.6. The molecule has 0 aliphatic rings. The first-order chi connectivity index (χ1) is 8.49. The number of nitrogens with one attached hydrogen (secondary N) is 1. The minimum absolute atomic E-state index is 0.0238. The highest BCUT2D eigenvalue weighted by atomic mass is 32.2. The van der Waals surface area contributed by atoms with Crippen LogP contribution in [0.1, 0.15) is 6.42 Å². The van der Waals surface area contributed by atoms with Gasteiger partial charge in [-0.05, 0) is 18.6 Å². The summed E-state index contributed by atoms with van der Waals surface area (Å²) in [6.45, 7) is 0.0543. The van der Waals surface area contributed by atoms with Crippen LogP contribution in [0.15, 0.2) is 23.2 Å². The van der Waals surface area contributed by atoms with Crippen molar-refractivity contribution in [3.63, 3.8) is 0 Å². The molecule has 7 nitrogen and oxygen atoms in total. The molecule has 0 saturated heterocycles. The van der Waals surface area contributed by atoms with Gasteiger partial charge in [-0.15, -0.1) is 0 Å². The lowest BCUT2D eigenvalue weighted by Gasteiger charge is -2.16. The van der Waals surface area contributed by atoms with E-state index in [-0.39, 0.29) is 30.3 Å². The van der Waals surface area contributed by atoms with Gasteiger partial charge in [-0.1, -0.05) is 0 Å². The van der Waals surface area contributed by atoms with Crippen molar-refractivity contribution in [2.75, 3.05) is 26.1 Å². The predicted octanol–water partition coefficient (Wildman–Crippen LogP) is -0.660. The van der Waals surface area contributed by atoms with Gasteiger partial charge in [-0.2, -0.15) is 0 Å². The number of nitrogen functional groups attached to an aromatic ring is 1. The van der Waals surface area contributed by atoms with Crippen LogP contribution in [0.3, 0.4) is 0 Å². The molecule has 102 valence electrons. The zero-order valence-electron chi connectivity index (χ0n) is 10.0. The summed E-state index contributed by atoms with van der Waals surface area (Å²) in [7, 11) is -2.22. The van der Waals surface area contributed by atoms with Crippen LogP contribution in [0.4, 0.5) is 5.82 Å². The molecule has 8 heteroatoms. The Balaban J connectivity index is 2.82. The number of rotatable bonds is 7. The third kappa shape index (κ3) is 4.22. The van der Waals surface area contributed by atoms with E-state index in [0.29, 0.717) is 0 Å². The van der Waals surface area contributed by atoms with Crippen LogP contribution in [0.5, 0.6) is 0 Å².